The van der Waals surface area contributed by atoms with E-state index in [-0.39, 0.29) is 12.5 Å². The number of pyridine rings is 1. The second-order valence-corrected chi connectivity index (χ2v) is 3.92. The Balaban J connectivity index is 2.37. The first-order valence-electron chi connectivity index (χ1n) is 5.33. The summed E-state index contributed by atoms with van der Waals surface area (Å²) >= 11 is 0. The molecule has 0 aromatic carbocycles. The molecule has 5 nitrogen and oxygen atoms in total. The summed E-state index contributed by atoms with van der Waals surface area (Å²) < 4.78 is 4.95. The first-order chi connectivity index (χ1) is 8.13. The number of amides is 1. The highest BCUT2D eigenvalue weighted by molar-refractivity contribution is 5.73. The van der Waals surface area contributed by atoms with Crippen LogP contribution in [0.4, 0.5) is 4.79 Å². The van der Waals surface area contributed by atoms with Gasteiger partial charge < -0.3 is 10.1 Å². The maximum absolute atomic E-state index is 11.4. The van der Waals surface area contributed by atoms with Gasteiger partial charge in [-0.05, 0) is 23.6 Å². The smallest absolute Gasteiger partial charge is 0.408 e. The summed E-state index contributed by atoms with van der Waals surface area (Å²) in [5, 5.41) is 2.44. The van der Waals surface area contributed by atoms with Crippen LogP contribution in [0.25, 0.3) is 0 Å². The third-order valence-electron chi connectivity index (χ3n) is 2.19. The molecule has 91 valence electrons. The third kappa shape index (κ3) is 4.63. The molecule has 17 heavy (non-hydrogen) atoms. The molecule has 0 unspecified atom stereocenters. The molecule has 0 saturated carbocycles. The van der Waals surface area contributed by atoms with Crippen LogP contribution in [0.5, 0.6) is 0 Å². The van der Waals surface area contributed by atoms with Gasteiger partial charge in [0, 0.05) is 12.4 Å². The normalized spacial score (nSPS) is 11.9. The van der Waals surface area contributed by atoms with E-state index < -0.39 is 12.1 Å². The predicted octanol–water partition coefficient (Wildman–Crippen LogP) is 1.44. The van der Waals surface area contributed by atoms with Crippen molar-refractivity contribution >= 4 is 12.4 Å². The molecule has 1 aromatic heterocycles. The van der Waals surface area contributed by atoms with Crippen LogP contribution in [-0.2, 0) is 16.1 Å². The van der Waals surface area contributed by atoms with Gasteiger partial charge in [0.05, 0.1) is 0 Å². The number of ether oxygens (including phenoxy) is 1. The standard InChI is InChI=1S/C12H15N2O3/c1-9(2)11(7-15)14-12(16)17-8-10-3-5-13-6-4-10/h3-6,9,11H,8H2,1-2H3,(H,14,16)/t11-/m1/s1. The zero-order chi connectivity index (χ0) is 12.7. The van der Waals surface area contributed by atoms with Gasteiger partial charge in [-0.25, -0.2) is 4.79 Å². The average molecular weight is 235 g/mol. The van der Waals surface area contributed by atoms with Crippen molar-refractivity contribution in [2.75, 3.05) is 0 Å². The maximum Gasteiger partial charge on any atom is 0.408 e. The van der Waals surface area contributed by atoms with E-state index in [1.807, 2.05) is 13.8 Å². The van der Waals surface area contributed by atoms with Crippen molar-refractivity contribution in [3.63, 3.8) is 0 Å². The summed E-state index contributed by atoms with van der Waals surface area (Å²) in [7, 11) is 0. The maximum atomic E-state index is 11.4. The number of carbonyl (C=O) groups is 1. The van der Waals surface area contributed by atoms with Crippen LogP contribution in [0, 0.1) is 5.92 Å². The highest BCUT2D eigenvalue weighted by Gasteiger charge is 2.16. The number of carbonyl (C=O) groups excluding carboxylic acids is 2. The molecule has 1 atom stereocenters. The molecule has 0 aliphatic carbocycles. The Labute approximate surface area is 100 Å². The SMILES string of the molecule is CC(C)[C@@H]([C]=O)NC(=O)OCc1ccncc1. The van der Waals surface area contributed by atoms with Crippen molar-refractivity contribution in [2.45, 2.75) is 26.5 Å². The molecule has 0 aliphatic heterocycles. The fraction of sp³-hybridized carbons (Fsp3) is 0.417. The molecule has 1 radical (unpaired) electrons. The van der Waals surface area contributed by atoms with Gasteiger partial charge >= 0.3 is 6.09 Å². The van der Waals surface area contributed by atoms with Gasteiger partial charge in [-0.15, -0.1) is 0 Å². The molecule has 0 aliphatic rings. The number of nitrogens with zero attached hydrogens (tertiary/aromatic N) is 1. The van der Waals surface area contributed by atoms with E-state index >= 15 is 0 Å². The van der Waals surface area contributed by atoms with Gasteiger partial charge in [-0.2, -0.15) is 0 Å². The van der Waals surface area contributed by atoms with Gasteiger partial charge in [0.2, 0.25) is 6.29 Å². The molecule has 1 heterocycles. The van der Waals surface area contributed by atoms with E-state index in [9.17, 15) is 9.59 Å². The van der Waals surface area contributed by atoms with Crippen molar-refractivity contribution in [2.24, 2.45) is 5.92 Å². The number of nitrogens with one attached hydrogen (secondary N) is 1. The van der Waals surface area contributed by atoms with Gasteiger partial charge in [0.15, 0.2) is 0 Å². The lowest BCUT2D eigenvalue weighted by atomic mass is 10.1. The minimum absolute atomic E-state index is 0.0130. The molecule has 1 amide bonds. The van der Waals surface area contributed by atoms with Crippen LogP contribution in [0.1, 0.15) is 19.4 Å². The number of alkyl carbamates (subject to hydrolysis) is 1. The molecule has 1 N–H and O–H groups in total. The monoisotopic (exact) mass is 235 g/mol. The first-order valence-corrected chi connectivity index (χ1v) is 5.33. The second-order valence-electron chi connectivity index (χ2n) is 3.92. The van der Waals surface area contributed by atoms with Gasteiger partial charge in [-0.3, -0.25) is 9.78 Å². The summed E-state index contributed by atoms with van der Waals surface area (Å²) in [6, 6.07) is 2.86. The van der Waals surface area contributed by atoms with Crippen molar-refractivity contribution in [1.29, 1.82) is 0 Å². The van der Waals surface area contributed by atoms with Crippen LogP contribution >= 0.6 is 0 Å². The highest BCUT2D eigenvalue weighted by Crippen LogP contribution is 2.01. The van der Waals surface area contributed by atoms with Crippen LogP contribution in [0.2, 0.25) is 0 Å². The molecule has 0 spiro atoms. The van der Waals surface area contributed by atoms with Crippen LogP contribution < -0.4 is 5.32 Å². The van der Waals surface area contributed by atoms with E-state index in [1.54, 1.807) is 30.8 Å². The van der Waals surface area contributed by atoms with Crippen molar-refractivity contribution in [3.05, 3.63) is 30.1 Å². The van der Waals surface area contributed by atoms with Gasteiger partial charge in [0.1, 0.15) is 12.6 Å². The van der Waals surface area contributed by atoms with Crippen molar-refractivity contribution < 1.29 is 14.3 Å². The summed E-state index contributed by atoms with van der Waals surface area (Å²) in [6.45, 7) is 3.79. The minimum atomic E-state index is -0.639. The topological polar surface area (TPSA) is 68.3 Å². The highest BCUT2D eigenvalue weighted by atomic mass is 16.5. The van der Waals surface area contributed by atoms with E-state index in [2.05, 4.69) is 10.3 Å². The number of aromatic nitrogens is 1. The van der Waals surface area contributed by atoms with E-state index in [0.717, 1.165) is 5.56 Å². The van der Waals surface area contributed by atoms with Gasteiger partial charge in [0.25, 0.3) is 0 Å². The largest absolute Gasteiger partial charge is 0.445 e. The number of hydrogen-bond acceptors (Lipinski definition) is 4. The van der Waals surface area contributed by atoms with Crippen molar-refractivity contribution in [3.8, 4) is 0 Å². The molecule has 0 fully saturated rings. The number of hydrogen-bond donors (Lipinski definition) is 1. The molecule has 1 rings (SSSR count). The Morgan fingerprint density at radius 1 is 1.47 bits per heavy atom. The lowest BCUT2D eigenvalue weighted by Crippen LogP contribution is -2.39. The number of rotatable bonds is 5. The summed E-state index contributed by atoms with van der Waals surface area (Å²) in [5.74, 6) is -0.0130. The molecular formula is C12H15N2O3. The molecule has 0 saturated heterocycles. The Bertz CT molecular complexity index is 365. The van der Waals surface area contributed by atoms with E-state index in [1.165, 1.54) is 0 Å². The van der Waals surface area contributed by atoms with Crippen LogP contribution in [0.3, 0.4) is 0 Å². The Kier molecular flexibility index (Phi) is 5.13. The summed E-state index contributed by atoms with van der Waals surface area (Å²) in [4.78, 5) is 25.8. The Morgan fingerprint density at radius 3 is 2.65 bits per heavy atom. The van der Waals surface area contributed by atoms with Crippen LogP contribution in [0.15, 0.2) is 24.5 Å². The molecule has 1 aromatic rings. The first kappa shape index (κ1) is 13.2. The molecular weight excluding hydrogens is 220 g/mol. The minimum Gasteiger partial charge on any atom is -0.445 e. The molecule has 5 heteroatoms. The lowest BCUT2D eigenvalue weighted by molar-refractivity contribution is 0.136. The quantitative estimate of drug-likeness (QED) is 0.838. The lowest BCUT2D eigenvalue weighted by Gasteiger charge is -2.15. The summed E-state index contributed by atoms with van der Waals surface area (Å²) in [5.41, 5.74) is 0.839. The fourth-order valence-electron chi connectivity index (χ4n) is 1.13. The Morgan fingerprint density at radius 2 is 2.12 bits per heavy atom. The van der Waals surface area contributed by atoms with Crippen molar-refractivity contribution in [1.82, 2.24) is 10.3 Å². The second kappa shape index (κ2) is 6.62. The predicted molar refractivity (Wildman–Crippen MR) is 61.9 cm³/mol. The average Bonchev–Trinajstić information content (AvgIpc) is 2.34. The fourth-order valence-corrected chi connectivity index (χ4v) is 1.13. The molecule has 0 bridgehead atoms. The van der Waals surface area contributed by atoms with Gasteiger partial charge in [-0.1, -0.05) is 13.8 Å². The summed E-state index contributed by atoms with van der Waals surface area (Å²) in [6.07, 6.45) is 4.37. The van der Waals surface area contributed by atoms with E-state index in [4.69, 9.17) is 4.74 Å². The van der Waals surface area contributed by atoms with E-state index in [0.29, 0.717) is 0 Å². The zero-order valence-electron chi connectivity index (χ0n) is 9.84. The van der Waals surface area contributed by atoms with Crippen LogP contribution in [-0.4, -0.2) is 23.4 Å². The Hall–Kier alpha value is -1.91. The zero-order valence-corrected chi connectivity index (χ0v) is 9.84. The third-order valence-corrected chi connectivity index (χ3v) is 2.19.